The molecule has 1 heterocycles. The normalized spacial score (nSPS) is 18.6. The van der Waals surface area contributed by atoms with Crippen LogP contribution in [-0.4, -0.2) is 18.2 Å². The first-order chi connectivity index (χ1) is 3.79. The van der Waals surface area contributed by atoms with Gasteiger partial charge >= 0.3 is 0 Å². The van der Waals surface area contributed by atoms with Gasteiger partial charge in [0.15, 0.2) is 0 Å². The largest absolute Gasteiger partial charge is 0.369 e. The second-order valence-corrected chi connectivity index (χ2v) is 1.66. The lowest BCUT2D eigenvalue weighted by Crippen LogP contribution is -2.32. The summed E-state index contributed by atoms with van der Waals surface area (Å²) in [6, 6.07) is 0. The average Bonchev–Trinajstić information content (AvgIpc) is 1.77. The lowest BCUT2D eigenvalue weighted by atomic mass is 10.4. The van der Waals surface area contributed by atoms with Crippen molar-refractivity contribution in [3.05, 3.63) is 0 Å². The van der Waals surface area contributed by atoms with Crippen molar-refractivity contribution in [3.63, 3.8) is 0 Å². The highest BCUT2D eigenvalue weighted by Crippen LogP contribution is 1.82. The van der Waals surface area contributed by atoms with Gasteiger partial charge in [0.25, 0.3) is 0 Å². The Morgan fingerprint density at radius 2 is 2.50 bits per heavy atom. The minimum absolute atomic E-state index is 0.399. The second-order valence-electron chi connectivity index (χ2n) is 1.66. The summed E-state index contributed by atoms with van der Waals surface area (Å²) in [6.45, 7) is 2.52. The first kappa shape index (κ1) is 5.08. The van der Waals surface area contributed by atoms with Crippen molar-refractivity contribution in [1.82, 2.24) is 5.43 Å². The molecule has 0 atom stereocenters. The predicted octanol–water partition coefficient (Wildman–Crippen LogP) is -0.720. The molecule has 4 nitrogen and oxygen atoms in total. The van der Waals surface area contributed by atoms with Gasteiger partial charge in [0.05, 0.1) is 12.3 Å². The monoisotopic (exact) mass is 112 g/mol. The molecule has 0 radical (unpaired) electrons. The molecule has 1 aliphatic rings. The molecule has 0 aromatic carbocycles. The average molecular weight is 112 g/mol. The maximum absolute atomic E-state index is 5.23. The maximum Gasteiger partial charge on any atom is 0.209 e. The Morgan fingerprint density at radius 3 is 2.88 bits per heavy atom. The molecule has 44 valence electrons. The number of nitrogens with zero attached hydrogens (tertiary/aromatic N) is 2. The molecule has 1 rings (SSSR count). The van der Waals surface area contributed by atoms with Crippen LogP contribution in [0.15, 0.2) is 10.1 Å². The minimum Gasteiger partial charge on any atom is -0.369 e. The molecule has 0 unspecified atom stereocenters. The third-order valence-electron chi connectivity index (χ3n) is 0.840. The van der Waals surface area contributed by atoms with Crippen molar-refractivity contribution in [3.8, 4) is 0 Å². The van der Waals surface area contributed by atoms with E-state index in [0.29, 0.717) is 12.5 Å². The molecule has 0 aromatic heterocycles. The molecule has 0 saturated heterocycles. The van der Waals surface area contributed by atoms with Gasteiger partial charge in [-0.25, -0.2) is 10.4 Å². The van der Waals surface area contributed by atoms with E-state index in [1.54, 1.807) is 0 Å². The van der Waals surface area contributed by atoms with Crippen LogP contribution in [0, 0.1) is 0 Å². The number of hydrazone groups is 1. The molecule has 0 fully saturated rings. The maximum atomic E-state index is 5.23. The lowest BCUT2D eigenvalue weighted by molar-refractivity contribution is 0.949. The van der Waals surface area contributed by atoms with Crippen LogP contribution < -0.4 is 11.2 Å². The molecular weight excluding hydrogens is 104 g/mol. The standard InChI is InChI=1S/C4H8N4/c1-3-2-6-4(5)8-7-3/h2H2,1H3,(H3,5,6,8). The van der Waals surface area contributed by atoms with Gasteiger partial charge in [-0.3, -0.25) is 0 Å². The van der Waals surface area contributed by atoms with Gasteiger partial charge in [-0.1, -0.05) is 0 Å². The summed E-state index contributed by atoms with van der Waals surface area (Å²) < 4.78 is 0. The number of aliphatic imine (C=N–C) groups is 1. The SMILES string of the molecule is CC1=NNC(N)=NC1. The van der Waals surface area contributed by atoms with E-state index in [1.807, 2.05) is 6.92 Å². The van der Waals surface area contributed by atoms with Gasteiger partial charge in [0.1, 0.15) is 0 Å². The zero-order chi connectivity index (χ0) is 5.98. The van der Waals surface area contributed by atoms with Crippen LogP contribution in [0.4, 0.5) is 0 Å². The molecular formula is C4H8N4. The fourth-order valence-electron chi connectivity index (χ4n) is 0.423. The van der Waals surface area contributed by atoms with Crippen molar-refractivity contribution >= 4 is 11.7 Å². The summed E-state index contributed by atoms with van der Waals surface area (Å²) in [4.78, 5) is 3.86. The summed E-state index contributed by atoms with van der Waals surface area (Å²) in [7, 11) is 0. The van der Waals surface area contributed by atoms with Gasteiger partial charge in [0, 0.05) is 0 Å². The third kappa shape index (κ3) is 0.959. The van der Waals surface area contributed by atoms with Gasteiger partial charge in [-0.15, -0.1) is 0 Å². The number of nitrogens with two attached hydrogens (primary N) is 1. The number of hydrogen-bond donors (Lipinski definition) is 2. The Balaban J connectivity index is 2.54. The van der Waals surface area contributed by atoms with Crippen molar-refractivity contribution in [2.75, 3.05) is 6.54 Å². The van der Waals surface area contributed by atoms with E-state index < -0.39 is 0 Å². The van der Waals surface area contributed by atoms with Crippen LogP contribution in [0.25, 0.3) is 0 Å². The van der Waals surface area contributed by atoms with Crippen LogP contribution >= 0.6 is 0 Å². The Bertz CT molecular complexity index is 128. The molecule has 8 heavy (non-hydrogen) atoms. The van der Waals surface area contributed by atoms with Crippen molar-refractivity contribution < 1.29 is 0 Å². The smallest absolute Gasteiger partial charge is 0.209 e. The summed E-state index contributed by atoms with van der Waals surface area (Å²) in [5, 5.41) is 3.82. The summed E-state index contributed by atoms with van der Waals surface area (Å²) in [5.74, 6) is 0.399. The van der Waals surface area contributed by atoms with E-state index in [4.69, 9.17) is 5.73 Å². The molecule has 1 aliphatic heterocycles. The molecule has 0 bridgehead atoms. The highest BCUT2D eigenvalue weighted by molar-refractivity contribution is 5.91. The molecule has 0 saturated carbocycles. The molecule has 0 aliphatic carbocycles. The number of hydrogen-bond acceptors (Lipinski definition) is 4. The molecule has 4 heteroatoms. The highest BCUT2D eigenvalue weighted by Gasteiger charge is 1.96. The topological polar surface area (TPSA) is 62.8 Å². The Kier molecular flexibility index (Phi) is 1.15. The van der Waals surface area contributed by atoms with Gasteiger partial charge in [-0.2, -0.15) is 5.10 Å². The van der Waals surface area contributed by atoms with E-state index in [0.717, 1.165) is 5.71 Å². The highest BCUT2D eigenvalue weighted by atomic mass is 15.4. The first-order valence-electron chi connectivity index (χ1n) is 2.38. The van der Waals surface area contributed by atoms with Crippen molar-refractivity contribution in [1.29, 1.82) is 0 Å². The van der Waals surface area contributed by atoms with E-state index in [9.17, 15) is 0 Å². The third-order valence-corrected chi connectivity index (χ3v) is 0.840. The van der Waals surface area contributed by atoms with Gasteiger partial charge in [-0.05, 0) is 6.92 Å². The molecule has 0 amide bonds. The zero-order valence-corrected chi connectivity index (χ0v) is 4.68. The van der Waals surface area contributed by atoms with Gasteiger partial charge < -0.3 is 5.73 Å². The Morgan fingerprint density at radius 1 is 1.75 bits per heavy atom. The molecule has 0 spiro atoms. The van der Waals surface area contributed by atoms with Crippen LogP contribution in [-0.2, 0) is 0 Å². The Hall–Kier alpha value is -1.06. The fraction of sp³-hybridized carbons (Fsp3) is 0.500. The fourth-order valence-corrected chi connectivity index (χ4v) is 0.423. The minimum atomic E-state index is 0.399. The summed E-state index contributed by atoms with van der Waals surface area (Å²) >= 11 is 0. The second kappa shape index (κ2) is 1.81. The number of nitrogens with one attached hydrogen (secondary N) is 1. The van der Waals surface area contributed by atoms with E-state index in [1.165, 1.54) is 0 Å². The summed E-state index contributed by atoms with van der Waals surface area (Å²) in [6.07, 6.45) is 0. The summed E-state index contributed by atoms with van der Waals surface area (Å²) in [5.41, 5.74) is 8.73. The lowest BCUT2D eigenvalue weighted by Gasteiger charge is -2.05. The van der Waals surface area contributed by atoms with E-state index in [2.05, 4.69) is 15.5 Å². The van der Waals surface area contributed by atoms with E-state index in [-0.39, 0.29) is 0 Å². The zero-order valence-electron chi connectivity index (χ0n) is 4.68. The van der Waals surface area contributed by atoms with Crippen molar-refractivity contribution in [2.45, 2.75) is 6.92 Å². The van der Waals surface area contributed by atoms with Crippen LogP contribution in [0.1, 0.15) is 6.92 Å². The number of guanidine groups is 1. The predicted molar refractivity (Wildman–Crippen MR) is 32.7 cm³/mol. The van der Waals surface area contributed by atoms with Crippen LogP contribution in [0.2, 0.25) is 0 Å². The molecule has 3 N–H and O–H groups in total. The molecule has 0 aromatic rings. The van der Waals surface area contributed by atoms with Crippen molar-refractivity contribution in [2.24, 2.45) is 15.8 Å². The first-order valence-corrected chi connectivity index (χ1v) is 2.38. The van der Waals surface area contributed by atoms with Crippen LogP contribution in [0.3, 0.4) is 0 Å². The number of rotatable bonds is 0. The van der Waals surface area contributed by atoms with E-state index >= 15 is 0 Å². The van der Waals surface area contributed by atoms with Crippen LogP contribution in [0.5, 0.6) is 0 Å². The van der Waals surface area contributed by atoms with Gasteiger partial charge in [0.2, 0.25) is 5.96 Å². The quantitative estimate of drug-likeness (QED) is 0.434. The Labute approximate surface area is 47.5 Å².